The van der Waals surface area contributed by atoms with E-state index in [1.165, 1.54) is 4.57 Å². The van der Waals surface area contributed by atoms with E-state index in [4.69, 9.17) is 4.42 Å². The first kappa shape index (κ1) is 9.98. The van der Waals surface area contributed by atoms with Crippen LogP contribution in [0.15, 0.2) is 37.9 Å². The van der Waals surface area contributed by atoms with Gasteiger partial charge in [0.05, 0.1) is 11.0 Å². The molecule has 0 N–H and O–H groups in total. The average Bonchev–Trinajstić information content (AvgIpc) is 2.43. The van der Waals surface area contributed by atoms with Gasteiger partial charge in [0, 0.05) is 4.47 Å². The Hall–Kier alpha value is -1.55. The third-order valence-corrected chi connectivity index (χ3v) is 2.75. The van der Waals surface area contributed by atoms with Crippen LogP contribution in [-0.2, 0) is 0 Å². The summed E-state index contributed by atoms with van der Waals surface area (Å²) in [5.41, 5.74) is 0.988. The van der Waals surface area contributed by atoms with Gasteiger partial charge in [-0.15, -0.1) is 0 Å². The molecule has 0 bridgehead atoms. The lowest BCUT2D eigenvalue weighted by atomic mass is 10.3. The second-order valence-corrected chi connectivity index (χ2v) is 3.88. The van der Waals surface area contributed by atoms with Gasteiger partial charge in [0.2, 0.25) is 0 Å². The zero-order chi connectivity index (χ0) is 11.0. The van der Waals surface area contributed by atoms with E-state index >= 15 is 0 Å². The van der Waals surface area contributed by atoms with Crippen LogP contribution in [0.3, 0.4) is 0 Å². The minimum Gasteiger partial charge on any atom is -0.408 e. The van der Waals surface area contributed by atoms with Crippen molar-refractivity contribution in [2.45, 2.75) is 0 Å². The first-order valence-corrected chi connectivity index (χ1v) is 5.05. The Balaban J connectivity index is 2.87. The van der Waals surface area contributed by atoms with Gasteiger partial charge in [-0.25, -0.2) is 9.36 Å². The Morgan fingerprint density at radius 3 is 2.47 bits per heavy atom. The molecule has 0 unspecified atom stereocenters. The molecule has 0 aliphatic heterocycles. The first-order valence-electron chi connectivity index (χ1n) is 4.26. The lowest BCUT2D eigenvalue weighted by molar-refractivity contribution is 0.478. The number of rotatable bonds is 1. The molecular weight excluding hydrogens is 258 g/mol. The quantitative estimate of drug-likeness (QED) is 0.772. The van der Waals surface area contributed by atoms with Gasteiger partial charge in [-0.3, -0.25) is 0 Å². The van der Waals surface area contributed by atoms with Crippen LogP contribution < -0.4 is 16.5 Å². The van der Waals surface area contributed by atoms with E-state index in [0.717, 1.165) is 4.47 Å². The Morgan fingerprint density at radius 2 is 1.93 bits per heavy atom. The van der Waals surface area contributed by atoms with Crippen molar-refractivity contribution >= 4 is 29.1 Å². The van der Waals surface area contributed by atoms with Crippen LogP contribution in [0.25, 0.3) is 18.8 Å². The summed E-state index contributed by atoms with van der Waals surface area (Å²) in [5.74, 6) is -0.475. The van der Waals surface area contributed by atoms with E-state index in [-0.39, 0.29) is 5.42 Å². The SMILES string of the molecule is C=c1oc(=O)n(-c2ccccc2Br)c1=C. The number of para-hydroxylation sites is 1. The average molecular weight is 266 g/mol. The number of aromatic nitrogens is 1. The summed E-state index contributed by atoms with van der Waals surface area (Å²) in [4.78, 5) is 11.5. The minimum absolute atomic E-state index is 0.288. The van der Waals surface area contributed by atoms with Crippen molar-refractivity contribution in [1.82, 2.24) is 4.57 Å². The zero-order valence-corrected chi connectivity index (χ0v) is 9.45. The molecule has 0 amide bonds. The third kappa shape index (κ3) is 1.57. The number of nitrogens with zero attached hydrogens (tertiary/aromatic N) is 1. The molecule has 1 aromatic carbocycles. The largest absolute Gasteiger partial charge is 0.424 e. The van der Waals surface area contributed by atoms with Gasteiger partial charge in [-0.1, -0.05) is 25.3 Å². The number of hydrogen-bond donors (Lipinski definition) is 0. The second kappa shape index (κ2) is 3.55. The molecule has 0 saturated carbocycles. The second-order valence-electron chi connectivity index (χ2n) is 3.02. The lowest BCUT2D eigenvalue weighted by Gasteiger charge is -2.02. The van der Waals surface area contributed by atoms with Crippen molar-refractivity contribution in [2.75, 3.05) is 0 Å². The molecule has 2 rings (SSSR count). The van der Waals surface area contributed by atoms with Gasteiger partial charge in [-0.05, 0) is 28.1 Å². The Labute approximate surface area is 94.1 Å². The molecule has 0 atom stereocenters. The molecule has 15 heavy (non-hydrogen) atoms. The Morgan fingerprint density at radius 1 is 1.27 bits per heavy atom. The molecule has 4 heteroatoms. The van der Waals surface area contributed by atoms with Crippen LogP contribution in [0, 0.1) is 0 Å². The fourth-order valence-electron chi connectivity index (χ4n) is 1.32. The first-order chi connectivity index (χ1) is 7.11. The van der Waals surface area contributed by atoms with Crippen LogP contribution in [0.2, 0.25) is 0 Å². The topological polar surface area (TPSA) is 35.1 Å². The zero-order valence-electron chi connectivity index (χ0n) is 7.87. The van der Waals surface area contributed by atoms with E-state index < -0.39 is 5.76 Å². The van der Waals surface area contributed by atoms with Crippen molar-refractivity contribution in [1.29, 1.82) is 0 Å². The molecule has 76 valence electrons. The molecule has 2 aromatic rings. The van der Waals surface area contributed by atoms with E-state index in [2.05, 4.69) is 29.1 Å². The molecule has 0 radical (unpaired) electrons. The molecule has 0 spiro atoms. The highest BCUT2D eigenvalue weighted by molar-refractivity contribution is 9.10. The molecule has 1 aromatic heterocycles. The van der Waals surface area contributed by atoms with Crippen molar-refractivity contribution < 1.29 is 4.42 Å². The van der Waals surface area contributed by atoms with Gasteiger partial charge < -0.3 is 4.42 Å². The van der Waals surface area contributed by atoms with Crippen molar-refractivity contribution in [2.24, 2.45) is 0 Å². The number of halogens is 1. The van der Waals surface area contributed by atoms with Crippen LogP contribution in [0.1, 0.15) is 0 Å². The Kier molecular flexibility index (Phi) is 2.36. The summed E-state index contributed by atoms with van der Waals surface area (Å²) in [6.45, 7) is 7.34. The summed E-state index contributed by atoms with van der Waals surface area (Å²) in [7, 11) is 0. The van der Waals surface area contributed by atoms with Crippen molar-refractivity contribution in [3.8, 4) is 5.69 Å². The van der Waals surface area contributed by atoms with Crippen molar-refractivity contribution in [3.05, 3.63) is 50.1 Å². The third-order valence-electron chi connectivity index (χ3n) is 2.08. The maximum Gasteiger partial charge on any atom is 0.424 e. The Bertz CT molecular complexity index is 654. The van der Waals surface area contributed by atoms with E-state index in [1.807, 2.05) is 18.2 Å². The minimum atomic E-state index is -0.475. The molecule has 0 aliphatic rings. The molecular formula is C11H8BrNO2. The molecule has 0 fully saturated rings. The molecule has 0 aliphatic carbocycles. The van der Waals surface area contributed by atoms with E-state index in [1.54, 1.807) is 6.07 Å². The predicted molar refractivity (Wildman–Crippen MR) is 62.3 cm³/mol. The monoisotopic (exact) mass is 265 g/mol. The van der Waals surface area contributed by atoms with E-state index in [9.17, 15) is 4.79 Å². The standard InChI is InChI=1S/C11H8BrNO2/c1-7-8(2)15-11(14)13(7)10-6-4-3-5-9(10)12/h3-6H,1-2H2. The van der Waals surface area contributed by atoms with Gasteiger partial charge in [-0.2, -0.15) is 0 Å². The molecule has 1 heterocycles. The van der Waals surface area contributed by atoms with Crippen LogP contribution in [0.4, 0.5) is 0 Å². The number of oxazole rings is 1. The summed E-state index contributed by atoms with van der Waals surface area (Å²) in [6.07, 6.45) is 0. The smallest absolute Gasteiger partial charge is 0.408 e. The van der Waals surface area contributed by atoms with Gasteiger partial charge in [0.15, 0.2) is 0 Å². The molecule has 0 saturated heterocycles. The summed E-state index contributed by atoms with van der Waals surface area (Å²) >= 11 is 3.36. The molecule has 3 nitrogen and oxygen atoms in total. The maximum atomic E-state index is 11.5. The highest BCUT2D eigenvalue weighted by atomic mass is 79.9. The van der Waals surface area contributed by atoms with Gasteiger partial charge in [0.25, 0.3) is 0 Å². The predicted octanol–water partition coefficient (Wildman–Crippen LogP) is 1.01. The van der Waals surface area contributed by atoms with Crippen molar-refractivity contribution in [3.63, 3.8) is 0 Å². The maximum absolute atomic E-state index is 11.5. The van der Waals surface area contributed by atoms with Crippen LogP contribution in [-0.4, -0.2) is 4.57 Å². The van der Waals surface area contributed by atoms with Crippen LogP contribution >= 0.6 is 15.9 Å². The normalized spacial score (nSPS) is 10.5. The number of hydrogen-bond acceptors (Lipinski definition) is 2. The van der Waals surface area contributed by atoms with Gasteiger partial charge in [0.1, 0.15) is 5.42 Å². The fraction of sp³-hybridized carbons (Fsp3) is 0. The highest BCUT2D eigenvalue weighted by Gasteiger charge is 2.07. The summed E-state index contributed by atoms with van der Waals surface area (Å²) in [6, 6.07) is 7.35. The number of benzene rings is 1. The van der Waals surface area contributed by atoms with Crippen LogP contribution in [0.5, 0.6) is 0 Å². The summed E-state index contributed by atoms with van der Waals surface area (Å²) in [5, 5.41) is 0.465. The van der Waals surface area contributed by atoms with Gasteiger partial charge >= 0.3 is 5.76 Å². The fourth-order valence-corrected chi connectivity index (χ4v) is 1.78. The van der Waals surface area contributed by atoms with E-state index in [0.29, 0.717) is 11.0 Å². The highest BCUT2D eigenvalue weighted by Crippen LogP contribution is 2.17. The summed E-state index contributed by atoms with van der Waals surface area (Å²) < 4.78 is 7.05. The lowest BCUT2D eigenvalue weighted by Crippen LogP contribution is -2.28.